The zero-order valence-electron chi connectivity index (χ0n) is 8.82. The molecule has 0 unspecified atom stereocenters. The SMILES string of the molecule is O=C(Cc1ccc(F)cc1)CC1OCCO1. The van der Waals surface area contributed by atoms with Crippen LogP contribution in [-0.4, -0.2) is 25.3 Å². The number of carbonyl (C=O) groups excluding carboxylic acids is 1. The minimum atomic E-state index is -0.395. The minimum Gasteiger partial charge on any atom is -0.350 e. The van der Waals surface area contributed by atoms with Gasteiger partial charge >= 0.3 is 0 Å². The van der Waals surface area contributed by atoms with Gasteiger partial charge in [0.05, 0.1) is 19.6 Å². The molecule has 1 aliphatic rings. The van der Waals surface area contributed by atoms with Crippen molar-refractivity contribution < 1.29 is 18.7 Å². The monoisotopic (exact) mass is 224 g/mol. The second-order valence-electron chi connectivity index (χ2n) is 3.72. The maximum absolute atomic E-state index is 12.6. The van der Waals surface area contributed by atoms with Crippen molar-refractivity contribution in [2.75, 3.05) is 13.2 Å². The average Bonchev–Trinajstić information content (AvgIpc) is 2.74. The van der Waals surface area contributed by atoms with Gasteiger partial charge in [-0.1, -0.05) is 12.1 Å². The molecule has 0 bridgehead atoms. The van der Waals surface area contributed by atoms with Gasteiger partial charge in [-0.05, 0) is 17.7 Å². The van der Waals surface area contributed by atoms with E-state index in [1.807, 2.05) is 0 Å². The topological polar surface area (TPSA) is 35.5 Å². The second kappa shape index (κ2) is 5.18. The molecule has 1 aliphatic heterocycles. The van der Waals surface area contributed by atoms with E-state index in [0.717, 1.165) is 5.56 Å². The molecular formula is C12H13FO3. The number of carbonyl (C=O) groups is 1. The summed E-state index contributed by atoms with van der Waals surface area (Å²) in [4.78, 5) is 11.6. The van der Waals surface area contributed by atoms with Gasteiger partial charge in [0.15, 0.2) is 6.29 Å². The Balaban J connectivity index is 1.84. The van der Waals surface area contributed by atoms with E-state index in [4.69, 9.17) is 9.47 Å². The van der Waals surface area contributed by atoms with Crippen LogP contribution in [0.5, 0.6) is 0 Å². The number of hydrogen-bond acceptors (Lipinski definition) is 3. The summed E-state index contributed by atoms with van der Waals surface area (Å²) >= 11 is 0. The first-order valence-corrected chi connectivity index (χ1v) is 5.23. The Labute approximate surface area is 93.2 Å². The van der Waals surface area contributed by atoms with Crippen molar-refractivity contribution in [3.05, 3.63) is 35.6 Å². The fourth-order valence-corrected chi connectivity index (χ4v) is 1.61. The quantitative estimate of drug-likeness (QED) is 0.780. The van der Waals surface area contributed by atoms with Crippen molar-refractivity contribution in [1.29, 1.82) is 0 Å². The predicted octanol–water partition coefficient (Wildman–Crippen LogP) is 1.70. The highest BCUT2D eigenvalue weighted by Gasteiger charge is 2.19. The lowest BCUT2D eigenvalue weighted by molar-refractivity contribution is -0.126. The Hall–Kier alpha value is -1.26. The zero-order chi connectivity index (χ0) is 11.4. The Morgan fingerprint density at radius 1 is 1.25 bits per heavy atom. The third-order valence-electron chi connectivity index (χ3n) is 2.40. The molecule has 0 aromatic heterocycles. The lowest BCUT2D eigenvalue weighted by Gasteiger charge is -2.07. The van der Waals surface area contributed by atoms with Gasteiger partial charge in [-0.15, -0.1) is 0 Å². The van der Waals surface area contributed by atoms with Crippen molar-refractivity contribution in [3.8, 4) is 0 Å². The third-order valence-corrected chi connectivity index (χ3v) is 2.40. The number of ether oxygens (including phenoxy) is 2. The Kier molecular flexibility index (Phi) is 3.64. The molecule has 86 valence electrons. The molecule has 16 heavy (non-hydrogen) atoms. The van der Waals surface area contributed by atoms with E-state index in [-0.39, 0.29) is 18.0 Å². The molecule has 1 fully saturated rings. The van der Waals surface area contributed by atoms with Crippen molar-refractivity contribution in [1.82, 2.24) is 0 Å². The van der Waals surface area contributed by atoms with E-state index in [2.05, 4.69) is 0 Å². The summed E-state index contributed by atoms with van der Waals surface area (Å²) in [6, 6.07) is 5.93. The second-order valence-corrected chi connectivity index (χ2v) is 3.72. The summed E-state index contributed by atoms with van der Waals surface area (Å²) in [5.41, 5.74) is 0.810. The molecule has 0 N–H and O–H groups in total. The summed E-state index contributed by atoms with van der Waals surface area (Å²) in [5, 5.41) is 0. The molecule has 4 heteroatoms. The average molecular weight is 224 g/mol. The molecule has 3 nitrogen and oxygen atoms in total. The third kappa shape index (κ3) is 3.12. The maximum atomic E-state index is 12.6. The predicted molar refractivity (Wildman–Crippen MR) is 55.4 cm³/mol. The lowest BCUT2D eigenvalue weighted by Crippen LogP contribution is -2.15. The number of ketones is 1. The first kappa shape index (κ1) is 11.2. The van der Waals surface area contributed by atoms with E-state index in [0.29, 0.717) is 19.6 Å². The van der Waals surface area contributed by atoms with Crippen LogP contribution in [0.4, 0.5) is 4.39 Å². The first-order chi connectivity index (χ1) is 7.74. The van der Waals surface area contributed by atoms with Crippen LogP contribution >= 0.6 is 0 Å². The van der Waals surface area contributed by atoms with Crippen LogP contribution in [0.3, 0.4) is 0 Å². The highest BCUT2D eigenvalue weighted by molar-refractivity contribution is 5.81. The van der Waals surface area contributed by atoms with Crippen LogP contribution in [0.1, 0.15) is 12.0 Å². The molecular weight excluding hydrogens is 211 g/mol. The summed E-state index contributed by atoms with van der Waals surface area (Å²) in [7, 11) is 0. The van der Waals surface area contributed by atoms with Gasteiger partial charge in [-0.25, -0.2) is 4.39 Å². The molecule has 0 amide bonds. The number of halogens is 1. The van der Waals surface area contributed by atoms with Crippen LogP contribution in [0.2, 0.25) is 0 Å². The van der Waals surface area contributed by atoms with E-state index in [9.17, 15) is 9.18 Å². The number of benzene rings is 1. The van der Waals surface area contributed by atoms with Crippen molar-refractivity contribution in [2.24, 2.45) is 0 Å². The normalized spacial score (nSPS) is 16.6. The molecule has 2 rings (SSSR count). The fraction of sp³-hybridized carbons (Fsp3) is 0.417. The van der Waals surface area contributed by atoms with Crippen molar-refractivity contribution >= 4 is 5.78 Å². The highest BCUT2D eigenvalue weighted by Crippen LogP contribution is 2.11. The van der Waals surface area contributed by atoms with E-state index in [1.165, 1.54) is 12.1 Å². The summed E-state index contributed by atoms with van der Waals surface area (Å²) in [6.45, 7) is 1.10. The minimum absolute atomic E-state index is 0.0403. The highest BCUT2D eigenvalue weighted by atomic mass is 19.1. The van der Waals surface area contributed by atoms with Crippen LogP contribution in [-0.2, 0) is 20.7 Å². The summed E-state index contributed by atoms with van der Waals surface area (Å²) in [5.74, 6) is -0.253. The molecule has 1 aromatic carbocycles. The number of Topliss-reactive ketones (excluding diaryl/α,β-unsaturated/α-hetero) is 1. The summed E-state index contributed by atoms with van der Waals surface area (Å²) in [6.07, 6.45) is 0.161. The van der Waals surface area contributed by atoms with Gasteiger partial charge in [-0.2, -0.15) is 0 Å². The maximum Gasteiger partial charge on any atom is 0.164 e. The Bertz CT molecular complexity index is 355. The molecule has 0 aliphatic carbocycles. The van der Waals surface area contributed by atoms with Gasteiger partial charge < -0.3 is 9.47 Å². The molecule has 0 radical (unpaired) electrons. The van der Waals surface area contributed by atoms with Gasteiger partial charge in [-0.3, -0.25) is 4.79 Å². The van der Waals surface area contributed by atoms with Gasteiger partial charge in [0.25, 0.3) is 0 Å². The molecule has 1 aromatic rings. The van der Waals surface area contributed by atoms with Crippen LogP contribution in [0.25, 0.3) is 0 Å². The van der Waals surface area contributed by atoms with Gasteiger partial charge in [0.1, 0.15) is 11.6 Å². The largest absolute Gasteiger partial charge is 0.350 e. The number of hydrogen-bond donors (Lipinski definition) is 0. The van der Waals surface area contributed by atoms with E-state index < -0.39 is 6.29 Å². The van der Waals surface area contributed by atoms with Crippen molar-refractivity contribution in [2.45, 2.75) is 19.1 Å². The first-order valence-electron chi connectivity index (χ1n) is 5.23. The number of rotatable bonds is 4. The van der Waals surface area contributed by atoms with Crippen LogP contribution < -0.4 is 0 Å². The molecule has 1 saturated heterocycles. The lowest BCUT2D eigenvalue weighted by atomic mass is 10.1. The Morgan fingerprint density at radius 3 is 2.50 bits per heavy atom. The van der Waals surface area contributed by atoms with Gasteiger partial charge in [0, 0.05) is 6.42 Å². The van der Waals surface area contributed by atoms with Crippen LogP contribution in [0.15, 0.2) is 24.3 Å². The standard InChI is InChI=1S/C12H13FO3/c13-10-3-1-9(2-4-10)7-11(14)8-12-15-5-6-16-12/h1-4,12H,5-8H2. The van der Waals surface area contributed by atoms with Crippen molar-refractivity contribution in [3.63, 3.8) is 0 Å². The molecule has 0 spiro atoms. The molecule has 0 atom stereocenters. The molecule has 1 heterocycles. The zero-order valence-corrected chi connectivity index (χ0v) is 8.82. The Morgan fingerprint density at radius 2 is 1.88 bits per heavy atom. The van der Waals surface area contributed by atoms with Gasteiger partial charge in [0.2, 0.25) is 0 Å². The van der Waals surface area contributed by atoms with E-state index in [1.54, 1.807) is 12.1 Å². The van der Waals surface area contributed by atoms with Crippen LogP contribution in [0, 0.1) is 5.82 Å². The van der Waals surface area contributed by atoms with E-state index >= 15 is 0 Å². The fourth-order valence-electron chi connectivity index (χ4n) is 1.61. The summed E-state index contributed by atoms with van der Waals surface area (Å²) < 4.78 is 23.0. The molecule has 0 saturated carbocycles. The smallest absolute Gasteiger partial charge is 0.164 e.